The number of anilines is 1. The molecule has 7 nitrogen and oxygen atoms in total. The molecule has 1 aliphatic rings. The molecule has 0 spiro atoms. The van der Waals surface area contributed by atoms with Gasteiger partial charge in [-0.2, -0.15) is 0 Å². The molecule has 0 saturated carbocycles. The third-order valence-corrected chi connectivity index (χ3v) is 3.82. The number of rotatable bonds is 6. The largest absolute Gasteiger partial charge is 0.496 e. The first-order valence-corrected chi connectivity index (χ1v) is 8.24. The highest BCUT2D eigenvalue weighted by Crippen LogP contribution is 2.32. The highest BCUT2D eigenvalue weighted by Gasteiger charge is 2.13. The van der Waals surface area contributed by atoms with Crippen molar-refractivity contribution in [1.29, 1.82) is 0 Å². The van der Waals surface area contributed by atoms with Gasteiger partial charge in [-0.1, -0.05) is 18.2 Å². The molecule has 0 aromatic heterocycles. The lowest BCUT2D eigenvalue weighted by Crippen LogP contribution is -2.33. The van der Waals surface area contributed by atoms with E-state index in [2.05, 4.69) is 10.6 Å². The average molecular weight is 356 g/mol. The zero-order chi connectivity index (χ0) is 18.4. The number of nitrogens with one attached hydrogen (secondary N) is 2. The molecular formula is C19H20N2O5. The van der Waals surface area contributed by atoms with Crippen LogP contribution in [0, 0.1) is 0 Å². The van der Waals surface area contributed by atoms with Gasteiger partial charge in [0.05, 0.1) is 20.1 Å². The van der Waals surface area contributed by atoms with Gasteiger partial charge in [-0.3, -0.25) is 9.59 Å². The number of para-hydroxylation sites is 1. The van der Waals surface area contributed by atoms with Crippen molar-refractivity contribution in [3.05, 3.63) is 48.0 Å². The molecule has 2 amide bonds. The zero-order valence-corrected chi connectivity index (χ0v) is 14.4. The Morgan fingerprint density at radius 3 is 2.62 bits per heavy atom. The number of carbonyl (C=O) groups excluding carboxylic acids is 2. The highest BCUT2D eigenvalue weighted by atomic mass is 16.6. The number of fused-ring (bicyclic) bond motifs is 1. The Kier molecular flexibility index (Phi) is 5.58. The summed E-state index contributed by atoms with van der Waals surface area (Å²) in [6.45, 7) is 0.864. The molecule has 0 unspecified atom stereocenters. The minimum atomic E-state index is -0.324. The van der Waals surface area contributed by atoms with Gasteiger partial charge in [0, 0.05) is 17.3 Å². The van der Waals surface area contributed by atoms with Crippen molar-refractivity contribution in [2.75, 3.05) is 32.2 Å². The molecule has 3 rings (SSSR count). The molecule has 1 aliphatic heterocycles. The van der Waals surface area contributed by atoms with E-state index in [0.29, 0.717) is 36.1 Å². The molecule has 0 bridgehead atoms. The van der Waals surface area contributed by atoms with Crippen LogP contribution in [-0.2, 0) is 16.0 Å². The van der Waals surface area contributed by atoms with Crippen LogP contribution in [0.1, 0.15) is 5.56 Å². The fourth-order valence-corrected chi connectivity index (χ4v) is 2.59. The number of hydrogen-bond donors (Lipinski definition) is 2. The molecule has 136 valence electrons. The third-order valence-electron chi connectivity index (χ3n) is 3.82. The monoisotopic (exact) mass is 356 g/mol. The van der Waals surface area contributed by atoms with Gasteiger partial charge in [0.15, 0.2) is 11.5 Å². The molecule has 0 saturated heterocycles. The standard InChI is InChI=1S/C19H20N2O5/c1-24-15-5-3-2-4-13(15)10-18(22)20-12-19(23)21-14-6-7-16-17(11-14)26-9-8-25-16/h2-7,11H,8-10,12H2,1H3,(H,20,22)(H,21,23). The number of benzene rings is 2. The fourth-order valence-electron chi connectivity index (χ4n) is 2.59. The summed E-state index contributed by atoms with van der Waals surface area (Å²) in [7, 11) is 1.55. The van der Waals surface area contributed by atoms with E-state index in [1.165, 1.54) is 0 Å². The summed E-state index contributed by atoms with van der Waals surface area (Å²) in [5.41, 5.74) is 1.35. The van der Waals surface area contributed by atoms with Crippen LogP contribution < -0.4 is 24.8 Å². The maximum atomic E-state index is 12.0. The zero-order valence-electron chi connectivity index (χ0n) is 14.4. The third kappa shape index (κ3) is 4.44. The smallest absolute Gasteiger partial charge is 0.243 e. The lowest BCUT2D eigenvalue weighted by molar-refractivity contribution is -0.123. The summed E-state index contributed by atoms with van der Waals surface area (Å²) in [4.78, 5) is 24.1. The number of amides is 2. The molecule has 2 aromatic rings. The van der Waals surface area contributed by atoms with Gasteiger partial charge in [0.25, 0.3) is 0 Å². The van der Waals surface area contributed by atoms with Crippen LogP contribution in [0.15, 0.2) is 42.5 Å². The van der Waals surface area contributed by atoms with Crippen LogP contribution in [0.4, 0.5) is 5.69 Å². The van der Waals surface area contributed by atoms with Gasteiger partial charge >= 0.3 is 0 Å². The van der Waals surface area contributed by atoms with Crippen LogP contribution in [0.3, 0.4) is 0 Å². The van der Waals surface area contributed by atoms with Crippen molar-refractivity contribution < 1.29 is 23.8 Å². The normalized spacial score (nSPS) is 12.2. The molecule has 1 heterocycles. The van der Waals surface area contributed by atoms with Crippen LogP contribution in [0.2, 0.25) is 0 Å². The lowest BCUT2D eigenvalue weighted by atomic mass is 10.1. The van der Waals surface area contributed by atoms with Crippen molar-refractivity contribution in [2.45, 2.75) is 6.42 Å². The van der Waals surface area contributed by atoms with Crippen LogP contribution in [-0.4, -0.2) is 38.7 Å². The Morgan fingerprint density at radius 2 is 1.81 bits per heavy atom. The Labute approximate surface area is 151 Å². The molecule has 7 heteroatoms. The second-order valence-electron chi connectivity index (χ2n) is 5.67. The molecule has 2 N–H and O–H groups in total. The quantitative estimate of drug-likeness (QED) is 0.824. The maximum Gasteiger partial charge on any atom is 0.243 e. The Balaban J connectivity index is 1.50. The first-order chi connectivity index (χ1) is 12.7. The van der Waals surface area contributed by atoms with Crippen molar-refractivity contribution in [2.24, 2.45) is 0 Å². The number of hydrogen-bond acceptors (Lipinski definition) is 5. The van der Waals surface area contributed by atoms with E-state index in [1.54, 1.807) is 31.4 Å². The SMILES string of the molecule is COc1ccccc1CC(=O)NCC(=O)Nc1ccc2c(c1)OCCO2. The molecule has 26 heavy (non-hydrogen) atoms. The minimum absolute atomic E-state index is 0.123. The minimum Gasteiger partial charge on any atom is -0.496 e. The van der Waals surface area contributed by atoms with Crippen molar-refractivity contribution in [1.82, 2.24) is 5.32 Å². The number of ether oxygens (including phenoxy) is 3. The Bertz CT molecular complexity index is 806. The van der Waals surface area contributed by atoms with E-state index in [9.17, 15) is 9.59 Å². The molecular weight excluding hydrogens is 336 g/mol. The van der Waals surface area contributed by atoms with Gasteiger partial charge in [0.1, 0.15) is 19.0 Å². The molecule has 0 atom stereocenters. The molecule has 0 radical (unpaired) electrons. The summed E-state index contributed by atoms with van der Waals surface area (Å²) in [6.07, 6.45) is 0.140. The Hall–Kier alpha value is -3.22. The topological polar surface area (TPSA) is 85.9 Å². The lowest BCUT2D eigenvalue weighted by Gasteiger charge is -2.19. The van der Waals surface area contributed by atoms with E-state index >= 15 is 0 Å². The summed E-state index contributed by atoms with van der Waals surface area (Å²) in [5.74, 6) is 1.30. The van der Waals surface area contributed by atoms with E-state index in [1.807, 2.05) is 18.2 Å². The van der Waals surface area contributed by atoms with Gasteiger partial charge in [-0.25, -0.2) is 0 Å². The predicted octanol–water partition coefficient (Wildman–Crippen LogP) is 1.76. The molecule has 2 aromatic carbocycles. The first kappa shape index (κ1) is 17.6. The van der Waals surface area contributed by atoms with E-state index in [4.69, 9.17) is 14.2 Å². The van der Waals surface area contributed by atoms with Crippen LogP contribution >= 0.6 is 0 Å². The number of carbonyl (C=O) groups is 2. The first-order valence-electron chi connectivity index (χ1n) is 8.24. The molecule has 0 fully saturated rings. The second-order valence-corrected chi connectivity index (χ2v) is 5.67. The average Bonchev–Trinajstić information content (AvgIpc) is 2.67. The summed E-state index contributed by atoms with van der Waals surface area (Å²) in [6, 6.07) is 12.4. The van der Waals surface area contributed by atoms with Gasteiger partial charge in [0.2, 0.25) is 11.8 Å². The van der Waals surface area contributed by atoms with Crippen LogP contribution in [0.5, 0.6) is 17.2 Å². The van der Waals surface area contributed by atoms with Crippen molar-refractivity contribution >= 4 is 17.5 Å². The van der Waals surface area contributed by atoms with E-state index < -0.39 is 0 Å². The second kappa shape index (κ2) is 8.24. The fraction of sp³-hybridized carbons (Fsp3) is 0.263. The van der Waals surface area contributed by atoms with Crippen molar-refractivity contribution in [3.63, 3.8) is 0 Å². The van der Waals surface area contributed by atoms with Gasteiger partial charge in [-0.15, -0.1) is 0 Å². The van der Waals surface area contributed by atoms with Gasteiger partial charge in [-0.05, 0) is 18.2 Å². The summed E-state index contributed by atoms with van der Waals surface area (Å²) < 4.78 is 16.1. The maximum absolute atomic E-state index is 12.0. The van der Waals surface area contributed by atoms with Crippen molar-refractivity contribution in [3.8, 4) is 17.2 Å². The summed E-state index contributed by atoms with van der Waals surface area (Å²) in [5, 5.41) is 5.32. The van der Waals surface area contributed by atoms with Crippen LogP contribution in [0.25, 0.3) is 0 Å². The van der Waals surface area contributed by atoms with E-state index in [0.717, 1.165) is 5.56 Å². The van der Waals surface area contributed by atoms with E-state index in [-0.39, 0.29) is 24.8 Å². The predicted molar refractivity (Wildman–Crippen MR) is 95.8 cm³/mol. The molecule has 0 aliphatic carbocycles. The Morgan fingerprint density at radius 1 is 1.04 bits per heavy atom. The highest BCUT2D eigenvalue weighted by molar-refractivity contribution is 5.95. The van der Waals surface area contributed by atoms with Gasteiger partial charge < -0.3 is 24.8 Å². The number of methoxy groups -OCH3 is 1. The summed E-state index contributed by atoms with van der Waals surface area (Å²) >= 11 is 0.